The Morgan fingerprint density at radius 1 is 1.23 bits per heavy atom. The van der Waals surface area contributed by atoms with Gasteiger partial charge in [0, 0.05) is 53.8 Å². The Balaban J connectivity index is 1.54. The Labute approximate surface area is 171 Å². The molecule has 0 fully saturated rings. The summed E-state index contributed by atoms with van der Waals surface area (Å²) in [6.45, 7) is 2.58. The van der Waals surface area contributed by atoms with Gasteiger partial charge in [-0.3, -0.25) is 4.40 Å². The summed E-state index contributed by atoms with van der Waals surface area (Å²) in [6.07, 6.45) is 7.29. The summed E-state index contributed by atoms with van der Waals surface area (Å²) in [5.41, 5.74) is 3.65. The molecule has 4 heterocycles. The Morgan fingerprint density at radius 2 is 2.07 bits per heavy atom. The highest BCUT2D eigenvalue weighted by Gasteiger charge is 2.20. The standard InChI is InChI=1S/C21H16FN7O/c1-12-24-7-13(8-25-12)16-9-26-21(29-11-14(6-23)28-20(16)29)27-10-17-15-4-5-30-19(15)3-2-18(17)22/h2-3,7-9,11H,4-5,10H2,1H3,(H,26,27). The number of anilines is 1. The molecule has 8 nitrogen and oxygen atoms in total. The SMILES string of the molecule is Cc1ncc(-c2cnc(NCc3c(F)ccc4c3CCO4)n3cc(C#N)nc23)cn1. The van der Waals surface area contributed by atoms with E-state index < -0.39 is 0 Å². The van der Waals surface area contributed by atoms with Gasteiger partial charge in [-0.05, 0) is 19.1 Å². The van der Waals surface area contributed by atoms with Crippen molar-refractivity contribution in [2.45, 2.75) is 19.9 Å². The molecule has 1 aromatic carbocycles. The Kier molecular flexibility index (Phi) is 4.25. The molecule has 1 aliphatic heterocycles. The Hall–Kier alpha value is -4.06. The maximum atomic E-state index is 14.4. The van der Waals surface area contributed by atoms with Gasteiger partial charge >= 0.3 is 0 Å². The van der Waals surface area contributed by atoms with E-state index in [1.807, 2.05) is 0 Å². The molecule has 148 valence electrons. The van der Waals surface area contributed by atoms with E-state index in [0.29, 0.717) is 41.6 Å². The molecule has 0 spiro atoms. The van der Waals surface area contributed by atoms with Crippen LogP contribution in [0.15, 0.2) is 36.9 Å². The molecule has 0 saturated carbocycles. The monoisotopic (exact) mass is 401 g/mol. The average molecular weight is 401 g/mol. The minimum Gasteiger partial charge on any atom is -0.493 e. The van der Waals surface area contributed by atoms with Crippen LogP contribution in [-0.4, -0.2) is 30.9 Å². The molecular weight excluding hydrogens is 385 g/mol. The highest BCUT2D eigenvalue weighted by Crippen LogP contribution is 2.31. The quantitative estimate of drug-likeness (QED) is 0.561. The van der Waals surface area contributed by atoms with Crippen LogP contribution < -0.4 is 10.1 Å². The van der Waals surface area contributed by atoms with E-state index in [0.717, 1.165) is 16.9 Å². The van der Waals surface area contributed by atoms with Crippen molar-refractivity contribution in [3.05, 3.63) is 65.4 Å². The van der Waals surface area contributed by atoms with Gasteiger partial charge in [-0.25, -0.2) is 24.3 Å². The highest BCUT2D eigenvalue weighted by molar-refractivity contribution is 5.77. The molecular formula is C21H16FN7O. The minimum atomic E-state index is -0.292. The van der Waals surface area contributed by atoms with Gasteiger partial charge in [-0.1, -0.05) is 0 Å². The second-order valence-electron chi connectivity index (χ2n) is 6.90. The zero-order chi connectivity index (χ0) is 20.7. The molecule has 0 atom stereocenters. The lowest BCUT2D eigenvalue weighted by Crippen LogP contribution is -2.09. The molecule has 1 aliphatic rings. The number of ether oxygens (including phenoxy) is 1. The summed E-state index contributed by atoms with van der Waals surface area (Å²) < 4.78 is 21.7. The lowest BCUT2D eigenvalue weighted by Gasteiger charge is -2.13. The van der Waals surface area contributed by atoms with Crippen LogP contribution in [0.4, 0.5) is 10.3 Å². The number of hydrogen-bond acceptors (Lipinski definition) is 7. The molecule has 9 heteroatoms. The normalized spacial score (nSPS) is 12.4. The van der Waals surface area contributed by atoms with Gasteiger partial charge in [0.25, 0.3) is 0 Å². The number of aryl methyl sites for hydroxylation is 1. The summed E-state index contributed by atoms with van der Waals surface area (Å²) in [6, 6.07) is 5.12. The van der Waals surface area contributed by atoms with E-state index in [1.54, 1.807) is 42.2 Å². The predicted octanol–water partition coefficient (Wildman–Crippen LogP) is 3.05. The highest BCUT2D eigenvalue weighted by atomic mass is 19.1. The van der Waals surface area contributed by atoms with Crippen molar-refractivity contribution < 1.29 is 9.13 Å². The molecule has 1 N–H and O–H groups in total. The van der Waals surface area contributed by atoms with Crippen molar-refractivity contribution >= 4 is 11.6 Å². The van der Waals surface area contributed by atoms with Crippen molar-refractivity contribution in [3.63, 3.8) is 0 Å². The first-order valence-corrected chi connectivity index (χ1v) is 9.38. The summed E-state index contributed by atoms with van der Waals surface area (Å²) in [7, 11) is 0. The number of imidazole rings is 1. The van der Waals surface area contributed by atoms with Crippen molar-refractivity contribution in [3.8, 4) is 22.9 Å². The topological polar surface area (TPSA) is 101 Å². The zero-order valence-corrected chi connectivity index (χ0v) is 16.1. The first-order chi connectivity index (χ1) is 14.6. The van der Waals surface area contributed by atoms with Crippen LogP contribution in [-0.2, 0) is 13.0 Å². The van der Waals surface area contributed by atoms with Gasteiger partial charge in [0.15, 0.2) is 11.3 Å². The summed E-state index contributed by atoms with van der Waals surface area (Å²) in [5.74, 6) is 1.53. The number of fused-ring (bicyclic) bond motifs is 2. The molecule has 0 radical (unpaired) electrons. The fourth-order valence-electron chi connectivity index (χ4n) is 3.57. The van der Waals surface area contributed by atoms with E-state index in [2.05, 4.69) is 31.3 Å². The van der Waals surface area contributed by atoms with Crippen LogP contribution in [0.1, 0.15) is 22.6 Å². The first-order valence-electron chi connectivity index (χ1n) is 9.38. The lowest BCUT2D eigenvalue weighted by atomic mass is 10.0. The van der Waals surface area contributed by atoms with E-state index in [-0.39, 0.29) is 18.1 Å². The smallest absolute Gasteiger partial charge is 0.208 e. The van der Waals surface area contributed by atoms with Crippen LogP contribution in [0, 0.1) is 24.1 Å². The number of halogens is 1. The summed E-state index contributed by atoms with van der Waals surface area (Å²) >= 11 is 0. The van der Waals surface area contributed by atoms with Gasteiger partial charge in [0.05, 0.1) is 12.8 Å². The molecule has 0 unspecified atom stereocenters. The Bertz CT molecular complexity index is 1310. The number of nitriles is 1. The van der Waals surface area contributed by atoms with Crippen LogP contribution >= 0.6 is 0 Å². The molecule has 0 saturated heterocycles. The third-order valence-corrected chi connectivity index (χ3v) is 5.06. The van der Waals surface area contributed by atoms with Crippen LogP contribution in [0.2, 0.25) is 0 Å². The maximum absolute atomic E-state index is 14.4. The molecule has 0 amide bonds. The van der Waals surface area contributed by atoms with Crippen LogP contribution in [0.5, 0.6) is 5.75 Å². The van der Waals surface area contributed by atoms with E-state index in [4.69, 9.17) is 4.74 Å². The zero-order valence-electron chi connectivity index (χ0n) is 16.1. The van der Waals surface area contributed by atoms with Crippen molar-refractivity contribution in [1.82, 2.24) is 24.3 Å². The van der Waals surface area contributed by atoms with Gasteiger partial charge in [0.2, 0.25) is 5.95 Å². The predicted molar refractivity (Wildman–Crippen MR) is 106 cm³/mol. The molecule has 4 aromatic rings. The van der Waals surface area contributed by atoms with E-state index >= 15 is 0 Å². The third-order valence-electron chi connectivity index (χ3n) is 5.06. The number of benzene rings is 1. The van der Waals surface area contributed by atoms with Crippen molar-refractivity contribution in [1.29, 1.82) is 5.26 Å². The molecule has 30 heavy (non-hydrogen) atoms. The molecule has 0 aliphatic carbocycles. The van der Waals surface area contributed by atoms with Crippen molar-refractivity contribution in [2.75, 3.05) is 11.9 Å². The number of hydrogen-bond donors (Lipinski definition) is 1. The number of aromatic nitrogens is 5. The second kappa shape index (κ2) is 7.08. The average Bonchev–Trinajstić information content (AvgIpc) is 3.41. The van der Waals surface area contributed by atoms with Gasteiger partial charge in [-0.2, -0.15) is 5.26 Å². The van der Waals surface area contributed by atoms with E-state index in [1.165, 1.54) is 6.07 Å². The van der Waals surface area contributed by atoms with Gasteiger partial charge < -0.3 is 10.1 Å². The maximum Gasteiger partial charge on any atom is 0.208 e. The minimum absolute atomic E-state index is 0.230. The summed E-state index contributed by atoms with van der Waals surface area (Å²) in [5, 5.41) is 12.5. The lowest BCUT2D eigenvalue weighted by molar-refractivity contribution is 0.356. The van der Waals surface area contributed by atoms with Gasteiger partial charge in [0.1, 0.15) is 23.5 Å². The van der Waals surface area contributed by atoms with Gasteiger partial charge in [-0.15, -0.1) is 0 Å². The first kappa shape index (κ1) is 18.0. The largest absolute Gasteiger partial charge is 0.493 e. The molecule has 3 aromatic heterocycles. The number of rotatable bonds is 4. The fourth-order valence-corrected chi connectivity index (χ4v) is 3.57. The number of nitrogens with one attached hydrogen (secondary N) is 1. The van der Waals surface area contributed by atoms with Crippen LogP contribution in [0.25, 0.3) is 16.8 Å². The molecule has 5 rings (SSSR count). The number of nitrogens with zero attached hydrogens (tertiary/aromatic N) is 6. The third kappa shape index (κ3) is 2.99. The van der Waals surface area contributed by atoms with Crippen LogP contribution in [0.3, 0.4) is 0 Å². The van der Waals surface area contributed by atoms with E-state index in [9.17, 15) is 9.65 Å². The fraction of sp³-hybridized carbons (Fsp3) is 0.190. The van der Waals surface area contributed by atoms with Crippen molar-refractivity contribution in [2.24, 2.45) is 0 Å². The second-order valence-corrected chi connectivity index (χ2v) is 6.90. The molecule has 0 bridgehead atoms. The summed E-state index contributed by atoms with van der Waals surface area (Å²) in [4.78, 5) is 17.3. The Morgan fingerprint density at radius 3 is 2.87 bits per heavy atom.